The fraction of sp³-hybridized carbons (Fsp3) is 0.375. The lowest BCUT2D eigenvalue weighted by Crippen LogP contribution is -2.08. The normalized spacial score (nSPS) is 10.8. The van der Waals surface area contributed by atoms with Gasteiger partial charge in [-0.1, -0.05) is 13.2 Å². The number of azo groups is 1. The second-order valence-corrected chi connectivity index (χ2v) is 9.62. The highest BCUT2D eigenvalue weighted by atomic mass is 19.1. The third-order valence-corrected chi connectivity index (χ3v) is 6.12. The molecular weight excluding hydrogens is 616 g/mol. The molecule has 248 valence electrons. The molecule has 0 radical (unpaired) electrons. The monoisotopic (exact) mass is 650 g/mol. The van der Waals surface area contributed by atoms with Crippen LogP contribution in [0.3, 0.4) is 0 Å². The first-order valence-electron chi connectivity index (χ1n) is 14.4. The van der Waals surface area contributed by atoms with Gasteiger partial charge in [0.05, 0.1) is 37.6 Å². The minimum atomic E-state index is -1.33. The van der Waals surface area contributed by atoms with Gasteiger partial charge in [-0.15, -0.1) is 10.2 Å². The van der Waals surface area contributed by atoms with Crippen LogP contribution < -0.4 is 0 Å². The van der Waals surface area contributed by atoms with Gasteiger partial charge in [-0.25, -0.2) is 36.7 Å². The zero-order valence-electron chi connectivity index (χ0n) is 25.0. The topological polar surface area (TPSA) is 130 Å². The summed E-state index contributed by atoms with van der Waals surface area (Å²) in [5.41, 5.74) is -2.90. The fourth-order valence-corrected chi connectivity index (χ4v) is 3.73. The molecule has 0 aromatic heterocycles. The molecule has 0 bridgehead atoms. The van der Waals surface area contributed by atoms with Gasteiger partial charge in [0.2, 0.25) is 0 Å². The zero-order valence-corrected chi connectivity index (χ0v) is 25.0. The van der Waals surface area contributed by atoms with Gasteiger partial charge >= 0.3 is 23.9 Å². The van der Waals surface area contributed by atoms with Crippen LogP contribution in [-0.4, -0.2) is 50.3 Å². The van der Waals surface area contributed by atoms with E-state index in [0.717, 1.165) is 12.2 Å². The summed E-state index contributed by atoms with van der Waals surface area (Å²) >= 11 is 0. The highest BCUT2D eigenvalue weighted by molar-refractivity contribution is 5.90. The quantitative estimate of drug-likeness (QED) is 0.0359. The van der Waals surface area contributed by atoms with Crippen LogP contribution in [-0.2, 0) is 28.5 Å². The minimum absolute atomic E-state index is 0.0192. The van der Waals surface area contributed by atoms with E-state index in [2.05, 4.69) is 23.4 Å². The van der Waals surface area contributed by atoms with E-state index in [0.29, 0.717) is 75.6 Å². The van der Waals surface area contributed by atoms with Gasteiger partial charge in [-0.3, -0.25) is 0 Å². The lowest BCUT2D eigenvalue weighted by Gasteiger charge is -2.07. The predicted molar refractivity (Wildman–Crippen MR) is 157 cm³/mol. The summed E-state index contributed by atoms with van der Waals surface area (Å²) in [6, 6.07) is 2.60. The van der Waals surface area contributed by atoms with E-state index in [9.17, 15) is 36.7 Å². The number of halogens is 4. The molecule has 0 aliphatic heterocycles. The van der Waals surface area contributed by atoms with E-state index in [1.165, 1.54) is 0 Å². The molecule has 0 unspecified atom stereocenters. The molecule has 10 nitrogen and oxygen atoms in total. The number of carbonyl (C=O) groups is 4. The third-order valence-electron chi connectivity index (χ3n) is 6.12. The summed E-state index contributed by atoms with van der Waals surface area (Å²) in [7, 11) is 0. The molecule has 0 N–H and O–H groups in total. The number of hydrogen-bond acceptors (Lipinski definition) is 10. The molecule has 0 spiro atoms. The van der Waals surface area contributed by atoms with Crippen LogP contribution in [0, 0.1) is 23.3 Å². The minimum Gasteiger partial charge on any atom is -0.463 e. The lowest BCUT2D eigenvalue weighted by atomic mass is 10.2. The Hall–Kier alpha value is -4.88. The summed E-state index contributed by atoms with van der Waals surface area (Å²) < 4.78 is 77.9. The number of esters is 4. The Labute approximate surface area is 263 Å². The number of hydrogen-bond donors (Lipinski definition) is 0. The number of benzene rings is 2. The van der Waals surface area contributed by atoms with Crippen LogP contribution in [0.5, 0.6) is 0 Å². The highest BCUT2D eigenvalue weighted by Crippen LogP contribution is 2.30. The second kappa shape index (κ2) is 20.2. The highest BCUT2D eigenvalue weighted by Gasteiger charge is 2.19. The maximum atomic E-state index is 14.6. The first-order valence-corrected chi connectivity index (χ1v) is 14.4. The SMILES string of the molecule is C=CC(=O)OCCCCCCOC(=O)c1cc(F)c(/N=N/c2c(F)cc(C(=O)OCCCCCCOC(=O)C=C)cc2F)c(F)c1. The Morgan fingerprint density at radius 1 is 0.522 bits per heavy atom. The van der Waals surface area contributed by atoms with Crippen LogP contribution in [0.25, 0.3) is 0 Å². The van der Waals surface area contributed by atoms with Crippen molar-refractivity contribution in [2.24, 2.45) is 10.2 Å². The van der Waals surface area contributed by atoms with Crippen molar-refractivity contribution in [2.45, 2.75) is 51.4 Å². The molecule has 0 aliphatic rings. The predicted octanol–water partition coefficient (Wildman–Crippen LogP) is 7.55. The average molecular weight is 651 g/mol. The van der Waals surface area contributed by atoms with Crippen LogP contribution in [0.2, 0.25) is 0 Å². The Kier molecular flexibility index (Phi) is 16.4. The first kappa shape index (κ1) is 37.3. The Morgan fingerprint density at radius 2 is 0.804 bits per heavy atom. The molecule has 0 heterocycles. The lowest BCUT2D eigenvalue weighted by molar-refractivity contribution is -0.138. The van der Waals surface area contributed by atoms with E-state index < -0.39 is 69.6 Å². The summed E-state index contributed by atoms with van der Waals surface area (Å²) in [5, 5.41) is 6.53. The van der Waals surface area contributed by atoms with Crippen molar-refractivity contribution in [1.82, 2.24) is 0 Å². The van der Waals surface area contributed by atoms with Crippen LogP contribution in [0.15, 0.2) is 59.8 Å². The van der Waals surface area contributed by atoms with E-state index in [1.54, 1.807) is 0 Å². The van der Waals surface area contributed by atoms with Gasteiger partial charge in [0, 0.05) is 12.2 Å². The van der Waals surface area contributed by atoms with E-state index >= 15 is 0 Å². The van der Waals surface area contributed by atoms with Gasteiger partial charge in [0.1, 0.15) is 0 Å². The standard InChI is InChI=1S/C32H34F4N2O8/c1-3-27(39)43-13-9-5-7-11-15-45-31(41)21-17-23(33)29(24(34)18-21)37-38-30-25(35)19-22(20-26(30)36)32(42)46-16-12-8-6-10-14-44-28(40)4-2/h3-4,17-20H,1-2,5-16H2/b38-37+. The molecule has 0 saturated carbocycles. The fourth-order valence-electron chi connectivity index (χ4n) is 3.73. The first-order chi connectivity index (χ1) is 22.1. The van der Waals surface area contributed by atoms with Gasteiger partial charge in [-0.2, -0.15) is 0 Å². The van der Waals surface area contributed by atoms with Crippen molar-refractivity contribution in [1.29, 1.82) is 0 Å². The molecule has 2 rings (SSSR count). The van der Waals surface area contributed by atoms with Crippen molar-refractivity contribution < 1.29 is 55.7 Å². The van der Waals surface area contributed by atoms with Gasteiger partial charge in [-0.05, 0) is 75.6 Å². The van der Waals surface area contributed by atoms with Crippen molar-refractivity contribution in [3.8, 4) is 0 Å². The molecule has 46 heavy (non-hydrogen) atoms. The van der Waals surface area contributed by atoms with Crippen molar-refractivity contribution in [3.05, 3.63) is 84.0 Å². The van der Waals surface area contributed by atoms with Crippen LogP contribution >= 0.6 is 0 Å². The number of carbonyl (C=O) groups excluding carboxylic acids is 4. The van der Waals surface area contributed by atoms with Gasteiger partial charge in [0.15, 0.2) is 34.6 Å². The van der Waals surface area contributed by atoms with Gasteiger partial charge in [0.25, 0.3) is 0 Å². The average Bonchev–Trinajstić information content (AvgIpc) is 3.03. The Bertz CT molecular complexity index is 1280. The van der Waals surface area contributed by atoms with Crippen molar-refractivity contribution in [2.75, 3.05) is 26.4 Å². The molecule has 0 aliphatic carbocycles. The van der Waals surface area contributed by atoms with Crippen molar-refractivity contribution in [3.63, 3.8) is 0 Å². The molecule has 0 saturated heterocycles. The summed E-state index contributed by atoms with van der Waals surface area (Å²) in [4.78, 5) is 46.3. The number of rotatable bonds is 20. The van der Waals surface area contributed by atoms with E-state index in [1.807, 2.05) is 0 Å². The maximum Gasteiger partial charge on any atom is 0.338 e. The van der Waals surface area contributed by atoms with Crippen molar-refractivity contribution >= 4 is 35.3 Å². The Morgan fingerprint density at radius 3 is 1.09 bits per heavy atom. The number of unbranched alkanes of at least 4 members (excludes halogenated alkanes) is 6. The molecule has 14 heteroatoms. The molecule has 2 aromatic carbocycles. The Balaban J connectivity index is 1.86. The number of ether oxygens (including phenoxy) is 4. The molecule has 0 fully saturated rings. The van der Waals surface area contributed by atoms with Crippen LogP contribution in [0.4, 0.5) is 28.9 Å². The zero-order chi connectivity index (χ0) is 33.9. The van der Waals surface area contributed by atoms with Gasteiger partial charge < -0.3 is 18.9 Å². The number of nitrogens with zero attached hydrogens (tertiary/aromatic N) is 2. The molecule has 0 amide bonds. The molecule has 2 aromatic rings. The second-order valence-electron chi connectivity index (χ2n) is 9.62. The maximum absolute atomic E-state index is 14.6. The molecule has 0 atom stereocenters. The largest absolute Gasteiger partial charge is 0.463 e. The summed E-state index contributed by atoms with van der Waals surface area (Å²) in [6.07, 6.45) is 6.93. The van der Waals surface area contributed by atoms with E-state index in [4.69, 9.17) is 18.9 Å². The summed E-state index contributed by atoms with van der Waals surface area (Å²) in [5.74, 6) is -8.34. The van der Waals surface area contributed by atoms with E-state index in [-0.39, 0.29) is 26.4 Å². The van der Waals surface area contributed by atoms with Crippen LogP contribution in [0.1, 0.15) is 72.1 Å². The third kappa shape index (κ3) is 13.0. The molecular formula is C32H34F4N2O8. The summed E-state index contributed by atoms with van der Waals surface area (Å²) in [6.45, 7) is 6.99. The smallest absolute Gasteiger partial charge is 0.338 e.